The Morgan fingerprint density at radius 2 is 2.13 bits per heavy atom. The molecule has 1 fully saturated rings. The van der Waals surface area contributed by atoms with Crippen molar-refractivity contribution in [3.05, 3.63) is 38.7 Å². The Kier molecular flexibility index (Phi) is 4.05. The maximum atomic E-state index is 13.5. The second kappa shape index (κ2) is 6.05. The molecule has 120 valence electrons. The second-order valence-corrected chi connectivity index (χ2v) is 8.05. The van der Waals surface area contributed by atoms with Gasteiger partial charge in [-0.2, -0.15) is 0 Å². The van der Waals surface area contributed by atoms with Crippen molar-refractivity contribution in [3.63, 3.8) is 0 Å². The van der Waals surface area contributed by atoms with Crippen LogP contribution in [0.2, 0.25) is 0 Å². The number of fused-ring (bicyclic) bond motifs is 1. The average molecular weight is 441 g/mol. The molecule has 0 saturated heterocycles. The molecule has 0 unspecified atom stereocenters. The Labute approximate surface area is 152 Å². The van der Waals surface area contributed by atoms with Gasteiger partial charge in [0.2, 0.25) is 0 Å². The Morgan fingerprint density at radius 1 is 1.35 bits per heavy atom. The van der Waals surface area contributed by atoms with Crippen LogP contribution in [0.25, 0.3) is 16.2 Å². The summed E-state index contributed by atoms with van der Waals surface area (Å²) in [5.41, 5.74) is 3.10. The van der Waals surface area contributed by atoms with E-state index >= 15 is 0 Å². The monoisotopic (exact) mass is 441 g/mol. The summed E-state index contributed by atoms with van der Waals surface area (Å²) in [6.07, 6.45) is 4.98. The topological polar surface area (TPSA) is 29.3 Å². The molecule has 1 aliphatic carbocycles. The minimum Gasteiger partial charge on any atom is -0.367 e. The van der Waals surface area contributed by atoms with E-state index in [1.807, 2.05) is 6.07 Å². The number of aryl methyl sites for hydroxylation is 1. The fourth-order valence-corrected chi connectivity index (χ4v) is 4.86. The highest BCUT2D eigenvalue weighted by atomic mass is 127. The number of hydrogen-bond donors (Lipinski definition) is 1. The molecule has 4 rings (SSSR count). The Balaban J connectivity index is 1.87. The number of aromatic nitrogens is 2. The van der Waals surface area contributed by atoms with Gasteiger partial charge in [0.15, 0.2) is 4.96 Å². The van der Waals surface area contributed by atoms with Crippen molar-refractivity contribution in [2.24, 2.45) is 0 Å². The maximum absolute atomic E-state index is 13.5. The summed E-state index contributed by atoms with van der Waals surface area (Å²) in [5, 5.41) is 5.84. The Bertz CT molecular complexity index is 864. The standard InChI is InChI=1S/C17H17FIN3S/c1-10-9-23-17-21-15(13-7-6-11(18)8-14(13)19)16(22(10)17)20-12-4-2-3-5-12/h6-9,12,20H,2-5H2,1H3. The molecule has 0 atom stereocenters. The first kappa shape index (κ1) is 15.4. The van der Waals surface area contributed by atoms with Crippen LogP contribution in [0.3, 0.4) is 0 Å². The quantitative estimate of drug-likeness (QED) is 0.547. The summed E-state index contributed by atoms with van der Waals surface area (Å²) in [7, 11) is 0. The van der Waals surface area contributed by atoms with Crippen LogP contribution in [-0.4, -0.2) is 15.4 Å². The SMILES string of the molecule is Cc1csc2nc(-c3ccc(F)cc3I)c(NC3CCCC3)n12. The fourth-order valence-electron chi connectivity index (χ4n) is 3.26. The van der Waals surface area contributed by atoms with Crippen molar-refractivity contribution in [1.82, 2.24) is 9.38 Å². The fraction of sp³-hybridized carbons (Fsp3) is 0.353. The van der Waals surface area contributed by atoms with Gasteiger partial charge in [0.25, 0.3) is 0 Å². The molecule has 1 N–H and O–H groups in total. The lowest BCUT2D eigenvalue weighted by Gasteiger charge is -2.15. The number of imidazole rings is 1. The third-order valence-electron chi connectivity index (χ3n) is 4.42. The molecule has 1 saturated carbocycles. The number of hydrogen-bond acceptors (Lipinski definition) is 3. The molecular weight excluding hydrogens is 424 g/mol. The summed E-state index contributed by atoms with van der Waals surface area (Å²) in [6.45, 7) is 2.10. The number of halogens is 2. The summed E-state index contributed by atoms with van der Waals surface area (Å²) in [4.78, 5) is 5.81. The molecule has 2 aromatic heterocycles. The zero-order valence-corrected chi connectivity index (χ0v) is 15.7. The molecular formula is C17H17FIN3S. The minimum atomic E-state index is -0.208. The predicted molar refractivity (Wildman–Crippen MR) is 102 cm³/mol. The van der Waals surface area contributed by atoms with E-state index in [1.54, 1.807) is 17.4 Å². The van der Waals surface area contributed by atoms with E-state index in [1.165, 1.54) is 37.4 Å². The largest absolute Gasteiger partial charge is 0.367 e. The van der Waals surface area contributed by atoms with Gasteiger partial charge in [0, 0.05) is 26.2 Å². The van der Waals surface area contributed by atoms with E-state index in [0.717, 1.165) is 25.6 Å². The molecule has 23 heavy (non-hydrogen) atoms. The first-order chi connectivity index (χ1) is 11.1. The van der Waals surface area contributed by atoms with E-state index in [2.05, 4.69) is 44.6 Å². The van der Waals surface area contributed by atoms with E-state index in [-0.39, 0.29) is 5.82 Å². The molecule has 0 spiro atoms. The van der Waals surface area contributed by atoms with Crippen LogP contribution in [0.1, 0.15) is 31.4 Å². The Morgan fingerprint density at radius 3 is 2.87 bits per heavy atom. The molecule has 0 aliphatic heterocycles. The van der Waals surface area contributed by atoms with Crippen molar-refractivity contribution in [3.8, 4) is 11.3 Å². The maximum Gasteiger partial charge on any atom is 0.196 e. The number of nitrogens with zero attached hydrogens (tertiary/aromatic N) is 2. The van der Waals surface area contributed by atoms with Gasteiger partial charge >= 0.3 is 0 Å². The minimum absolute atomic E-state index is 0.208. The van der Waals surface area contributed by atoms with Crippen LogP contribution in [0.15, 0.2) is 23.6 Å². The van der Waals surface area contributed by atoms with Gasteiger partial charge in [-0.3, -0.25) is 4.40 Å². The van der Waals surface area contributed by atoms with Crippen molar-refractivity contribution in [2.75, 3.05) is 5.32 Å². The molecule has 6 heteroatoms. The van der Waals surface area contributed by atoms with Crippen LogP contribution in [0.5, 0.6) is 0 Å². The van der Waals surface area contributed by atoms with Gasteiger partial charge in [0.1, 0.15) is 17.3 Å². The first-order valence-electron chi connectivity index (χ1n) is 7.82. The zero-order valence-electron chi connectivity index (χ0n) is 12.8. The van der Waals surface area contributed by atoms with E-state index < -0.39 is 0 Å². The highest BCUT2D eigenvalue weighted by molar-refractivity contribution is 14.1. The molecule has 1 aliphatic rings. The molecule has 1 aromatic carbocycles. The highest BCUT2D eigenvalue weighted by Crippen LogP contribution is 2.36. The second-order valence-electron chi connectivity index (χ2n) is 6.05. The lowest BCUT2D eigenvalue weighted by molar-refractivity contribution is 0.627. The van der Waals surface area contributed by atoms with Gasteiger partial charge in [-0.25, -0.2) is 9.37 Å². The summed E-state index contributed by atoms with van der Waals surface area (Å²) < 4.78 is 16.5. The predicted octanol–water partition coefficient (Wildman–Crippen LogP) is 5.47. The molecule has 2 heterocycles. The summed E-state index contributed by atoms with van der Waals surface area (Å²) in [5.74, 6) is 0.843. The van der Waals surface area contributed by atoms with Crippen molar-refractivity contribution in [2.45, 2.75) is 38.6 Å². The highest BCUT2D eigenvalue weighted by Gasteiger charge is 2.23. The van der Waals surface area contributed by atoms with Crippen LogP contribution in [0.4, 0.5) is 10.2 Å². The molecule has 0 amide bonds. The molecule has 3 nitrogen and oxygen atoms in total. The summed E-state index contributed by atoms with van der Waals surface area (Å²) >= 11 is 3.83. The van der Waals surface area contributed by atoms with Gasteiger partial charge in [-0.15, -0.1) is 11.3 Å². The summed E-state index contributed by atoms with van der Waals surface area (Å²) in [6, 6.07) is 5.41. The number of rotatable bonds is 3. The van der Waals surface area contributed by atoms with Gasteiger partial charge in [-0.05, 0) is 60.6 Å². The lowest BCUT2D eigenvalue weighted by atomic mass is 10.1. The van der Waals surface area contributed by atoms with Gasteiger partial charge in [0.05, 0.1) is 0 Å². The number of nitrogens with one attached hydrogen (secondary N) is 1. The third kappa shape index (κ3) is 2.76. The normalized spacial score (nSPS) is 15.6. The molecule has 0 radical (unpaired) electrons. The van der Waals surface area contributed by atoms with Crippen molar-refractivity contribution < 1.29 is 4.39 Å². The average Bonchev–Trinajstić information content (AvgIpc) is 3.20. The van der Waals surface area contributed by atoms with Crippen LogP contribution in [0, 0.1) is 16.3 Å². The van der Waals surface area contributed by atoms with Crippen LogP contribution < -0.4 is 5.32 Å². The number of benzene rings is 1. The third-order valence-corrected chi connectivity index (χ3v) is 6.25. The molecule has 3 aromatic rings. The molecule has 0 bridgehead atoms. The smallest absolute Gasteiger partial charge is 0.196 e. The van der Waals surface area contributed by atoms with Crippen molar-refractivity contribution in [1.29, 1.82) is 0 Å². The number of thiazole rings is 1. The van der Waals surface area contributed by atoms with E-state index in [0.29, 0.717) is 6.04 Å². The Hall–Kier alpha value is -1.15. The van der Waals surface area contributed by atoms with E-state index in [4.69, 9.17) is 4.98 Å². The van der Waals surface area contributed by atoms with Gasteiger partial charge in [-0.1, -0.05) is 12.8 Å². The van der Waals surface area contributed by atoms with E-state index in [9.17, 15) is 4.39 Å². The van der Waals surface area contributed by atoms with Crippen LogP contribution in [-0.2, 0) is 0 Å². The first-order valence-corrected chi connectivity index (χ1v) is 9.78. The lowest BCUT2D eigenvalue weighted by Crippen LogP contribution is -2.16. The van der Waals surface area contributed by atoms with Gasteiger partial charge < -0.3 is 5.32 Å². The zero-order chi connectivity index (χ0) is 16.0. The number of anilines is 1. The van der Waals surface area contributed by atoms with Crippen LogP contribution >= 0.6 is 33.9 Å². The van der Waals surface area contributed by atoms with Crippen molar-refractivity contribution >= 4 is 44.7 Å².